The zero-order valence-corrected chi connectivity index (χ0v) is 20.0. The summed E-state index contributed by atoms with van der Waals surface area (Å²) in [7, 11) is 1.56. The lowest BCUT2D eigenvalue weighted by atomic mass is 10.1. The Morgan fingerprint density at radius 2 is 2.06 bits per heavy atom. The van der Waals surface area contributed by atoms with Gasteiger partial charge in [-0.25, -0.2) is 4.39 Å². The first-order valence-electron chi connectivity index (χ1n) is 11.7. The quantitative estimate of drug-likeness (QED) is 0.497. The minimum atomic E-state index is -0.593. The van der Waals surface area contributed by atoms with Gasteiger partial charge in [0.2, 0.25) is 0 Å². The predicted molar refractivity (Wildman–Crippen MR) is 130 cm³/mol. The standard InChI is InChI=1S/C27H32FN3O3/c1-19(2)15-31(17-21-7-4-6-20-8-5-11-29-26(20)21)27(32)25-18-30(12-13-34-25)16-22-14-23(33-3)9-10-24(22)28/h4-11,14,19,25H,12-13,15-18H2,1-3H3/t25-/m1/s1. The number of ether oxygens (including phenoxy) is 2. The highest BCUT2D eigenvalue weighted by molar-refractivity contribution is 5.84. The maximum absolute atomic E-state index is 14.4. The van der Waals surface area contributed by atoms with Crippen molar-refractivity contribution in [3.05, 3.63) is 71.7 Å². The number of nitrogens with zero attached hydrogens (tertiary/aromatic N) is 3. The average Bonchev–Trinajstić information content (AvgIpc) is 2.84. The lowest BCUT2D eigenvalue weighted by Crippen LogP contribution is -2.51. The van der Waals surface area contributed by atoms with Crippen molar-refractivity contribution in [2.45, 2.75) is 33.0 Å². The molecule has 1 aliphatic heterocycles. The number of para-hydroxylation sites is 1. The number of amides is 1. The third-order valence-electron chi connectivity index (χ3n) is 6.05. The van der Waals surface area contributed by atoms with Crippen LogP contribution < -0.4 is 4.74 Å². The fourth-order valence-corrected chi connectivity index (χ4v) is 4.41. The van der Waals surface area contributed by atoms with Crippen molar-refractivity contribution in [2.75, 3.05) is 33.4 Å². The van der Waals surface area contributed by atoms with Crippen LogP contribution in [0, 0.1) is 11.7 Å². The fourth-order valence-electron chi connectivity index (χ4n) is 4.41. The van der Waals surface area contributed by atoms with Gasteiger partial charge in [-0.15, -0.1) is 0 Å². The van der Waals surface area contributed by atoms with E-state index in [0.29, 0.717) is 56.6 Å². The smallest absolute Gasteiger partial charge is 0.253 e. The number of rotatable bonds is 8. The van der Waals surface area contributed by atoms with Gasteiger partial charge in [-0.1, -0.05) is 38.1 Å². The topological polar surface area (TPSA) is 54.9 Å². The number of hydrogen-bond acceptors (Lipinski definition) is 5. The summed E-state index contributed by atoms with van der Waals surface area (Å²) in [5.41, 5.74) is 2.47. The molecule has 0 unspecified atom stereocenters. The first-order valence-corrected chi connectivity index (χ1v) is 11.7. The molecule has 1 aliphatic rings. The van der Waals surface area contributed by atoms with Crippen LogP contribution in [0.2, 0.25) is 0 Å². The lowest BCUT2D eigenvalue weighted by molar-refractivity contribution is -0.151. The van der Waals surface area contributed by atoms with E-state index in [2.05, 4.69) is 23.7 Å². The van der Waals surface area contributed by atoms with Crippen molar-refractivity contribution < 1.29 is 18.7 Å². The number of morpholine rings is 1. The van der Waals surface area contributed by atoms with E-state index < -0.39 is 6.10 Å². The molecule has 1 amide bonds. The van der Waals surface area contributed by atoms with Gasteiger partial charge in [0.05, 0.1) is 19.2 Å². The SMILES string of the molecule is COc1ccc(F)c(CN2CCO[C@@H](C(=O)N(Cc3cccc4cccnc34)CC(C)C)C2)c1. The normalized spacial score (nSPS) is 16.7. The molecule has 7 heteroatoms. The van der Waals surface area contributed by atoms with Crippen molar-refractivity contribution in [3.63, 3.8) is 0 Å². The van der Waals surface area contributed by atoms with Crippen molar-refractivity contribution >= 4 is 16.8 Å². The van der Waals surface area contributed by atoms with Gasteiger partial charge >= 0.3 is 0 Å². The summed E-state index contributed by atoms with van der Waals surface area (Å²) in [5.74, 6) is 0.596. The summed E-state index contributed by atoms with van der Waals surface area (Å²) < 4.78 is 25.5. The molecule has 0 spiro atoms. The number of halogens is 1. The molecule has 0 saturated carbocycles. The molecule has 4 rings (SSSR count). The molecule has 6 nitrogen and oxygen atoms in total. The minimum Gasteiger partial charge on any atom is -0.497 e. The number of hydrogen-bond donors (Lipinski definition) is 0. The van der Waals surface area contributed by atoms with E-state index in [1.165, 1.54) is 6.07 Å². The van der Waals surface area contributed by atoms with Crippen LogP contribution in [0.4, 0.5) is 4.39 Å². The zero-order valence-electron chi connectivity index (χ0n) is 20.0. The molecule has 3 aromatic rings. The molecule has 2 heterocycles. The van der Waals surface area contributed by atoms with Gasteiger partial charge in [-0.05, 0) is 35.7 Å². The van der Waals surface area contributed by atoms with Gasteiger partial charge in [-0.2, -0.15) is 0 Å². The fraction of sp³-hybridized carbons (Fsp3) is 0.407. The van der Waals surface area contributed by atoms with E-state index in [-0.39, 0.29) is 11.7 Å². The Morgan fingerprint density at radius 3 is 2.85 bits per heavy atom. The van der Waals surface area contributed by atoms with Crippen LogP contribution >= 0.6 is 0 Å². The van der Waals surface area contributed by atoms with Crippen LogP contribution in [0.5, 0.6) is 5.75 Å². The molecule has 0 aliphatic carbocycles. The van der Waals surface area contributed by atoms with E-state index in [1.54, 1.807) is 25.4 Å². The Kier molecular flexibility index (Phi) is 7.75. The summed E-state index contributed by atoms with van der Waals surface area (Å²) in [4.78, 5) is 22.1. The molecule has 0 radical (unpaired) electrons. The van der Waals surface area contributed by atoms with Crippen molar-refractivity contribution in [3.8, 4) is 5.75 Å². The van der Waals surface area contributed by atoms with Crippen molar-refractivity contribution in [1.29, 1.82) is 0 Å². The summed E-state index contributed by atoms with van der Waals surface area (Å²) in [6.45, 7) is 7.15. The lowest BCUT2D eigenvalue weighted by Gasteiger charge is -2.35. The molecule has 1 atom stereocenters. The summed E-state index contributed by atoms with van der Waals surface area (Å²) >= 11 is 0. The van der Waals surface area contributed by atoms with Gasteiger partial charge in [-0.3, -0.25) is 14.7 Å². The zero-order chi connectivity index (χ0) is 24.1. The number of benzene rings is 2. The first kappa shape index (κ1) is 24.1. The van der Waals surface area contributed by atoms with Crippen LogP contribution in [-0.2, 0) is 22.6 Å². The van der Waals surface area contributed by atoms with Crippen LogP contribution in [0.1, 0.15) is 25.0 Å². The van der Waals surface area contributed by atoms with Crippen molar-refractivity contribution in [1.82, 2.24) is 14.8 Å². The van der Waals surface area contributed by atoms with Gasteiger partial charge in [0.1, 0.15) is 17.7 Å². The van der Waals surface area contributed by atoms with Crippen LogP contribution in [0.25, 0.3) is 10.9 Å². The molecular weight excluding hydrogens is 433 g/mol. The maximum atomic E-state index is 14.4. The second-order valence-corrected chi connectivity index (χ2v) is 9.16. The van der Waals surface area contributed by atoms with Gasteiger partial charge in [0.25, 0.3) is 5.91 Å². The number of aromatic nitrogens is 1. The van der Waals surface area contributed by atoms with Crippen LogP contribution in [0.3, 0.4) is 0 Å². The molecule has 0 N–H and O–H groups in total. The largest absolute Gasteiger partial charge is 0.497 e. The number of pyridine rings is 1. The Labute approximate surface area is 200 Å². The summed E-state index contributed by atoms with van der Waals surface area (Å²) in [6, 6.07) is 14.7. The second-order valence-electron chi connectivity index (χ2n) is 9.16. The average molecular weight is 466 g/mol. The van der Waals surface area contributed by atoms with E-state index in [1.807, 2.05) is 35.2 Å². The molecule has 1 saturated heterocycles. The summed E-state index contributed by atoms with van der Waals surface area (Å²) in [5, 5.41) is 1.05. The highest BCUT2D eigenvalue weighted by Crippen LogP contribution is 2.22. The summed E-state index contributed by atoms with van der Waals surface area (Å²) in [6.07, 6.45) is 1.18. The second kappa shape index (κ2) is 10.9. The molecule has 1 aromatic heterocycles. The van der Waals surface area contributed by atoms with E-state index >= 15 is 0 Å². The number of carbonyl (C=O) groups excluding carboxylic acids is 1. The highest BCUT2D eigenvalue weighted by atomic mass is 19.1. The van der Waals surface area contributed by atoms with E-state index in [4.69, 9.17) is 9.47 Å². The molecule has 180 valence electrons. The van der Waals surface area contributed by atoms with Crippen LogP contribution in [-0.4, -0.2) is 60.1 Å². The molecule has 0 bridgehead atoms. The van der Waals surface area contributed by atoms with Gasteiger partial charge < -0.3 is 14.4 Å². The monoisotopic (exact) mass is 465 g/mol. The van der Waals surface area contributed by atoms with E-state index in [0.717, 1.165) is 16.5 Å². The van der Waals surface area contributed by atoms with Crippen LogP contribution in [0.15, 0.2) is 54.7 Å². The number of fused-ring (bicyclic) bond motifs is 1. The third-order valence-corrected chi connectivity index (χ3v) is 6.05. The number of carbonyl (C=O) groups is 1. The minimum absolute atomic E-state index is 0.0440. The molecular formula is C27H32FN3O3. The van der Waals surface area contributed by atoms with Gasteiger partial charge in [0.15, 0.2) is 0 Å². The highest BCUT2D eigenvalue weighted by Gasteiger charge is 2.31. The molecule has 34 heavy (non-hydrogen) atoms. The first-order chi connectivity index (χ1) is 16.4. The Morgan fingerprint density at radius 1 is 1.24 bits per heavy atom. The number of methoxy groups -OCH3 is 1. The predicted octanol–water partition coefficient (Wildman–Crippen LogP) is 4.27. The maximum Gasteiger partial charge on any atom is 0.253 e. The molecule has 1 fully saturated rings. The van der Waals surface area contributed by atoms with E-state index in [9.17, 15) is 9.18 Å². The Balaban J connectivity index is 1.50. The Bertz CT molecular complexity index is 1130. The molecule has 2 aromatic carbocycles. The third kappa shape index (κ3) is 5.72. The van der Waals surface area contributed by atoms with Gasteiger partial charge in [0, 0.05) is 49.9 Å². The van der Waals surface area contributed by atoms with Crippen molar-refractivity contribution in [2.24, 2.45) is 5.92 Å². The Hall–Kier alpha value is -3.03.